The normalized spacial score (nSPS) is 13.4. The van der Waals surface area contributed by atoms with E-state index in [0.29, 0.717) is 0 Å². The van der Waals surface area contributed by atoms with Crippen molar-refractivity contribution in [2.75, 3.05) is 0 Å². The second-order valence-electron chi connectivity index (χ2n) is 1.32. The Morgan fingerprint density at radius 1 is 1.10 bits per heavy atom. The molecule has 0 aromatic rings. The molecule has 0 atom stereocenters. The minimum absolute atomic E-state index is 1.88. The Hall–Kier alpha value is 0.900. The number of alkyl halides is 6. The molecule has 7 heteroatoms. The van der Waals surface area contributed by atoms with Crippen LogP contribution in [0.25, 0.3) is 0 Å². The molecule has 0 fully saturated rings. The summed E-state index contributed by atoms with van der Waals surface area (Å²) >= 11 is 7.33. The van der Waals surface area contributed by atoms with Gasteiger partial charge in [-0.1, -0.05) is 47.8 Å². The topological polar surface area (TPSA) is 17.1 Å². The Morgan fingerprint density at radius 2 is 1.40 bits per heavy atom. The molecule has 60 valence electrons. The van der Waals surface area contributed by atoms with Crippen LogP contribution in [0.5, 0.6) is 0 Å². The molecule has 0 aliphatic rings. The third-order valence-electron chi connectivity index (χ3n) is 0.515. The lowest BCUT2D eigenvalue weighted by Crippen LogP contribution is -2.33. The zero-order chi connectivity index (χ0) is 8.58. The quantitative estimate of drug-likeness (QED) is 0.615. The summed E-state index contributed by atoms with van der Waals surface area (Å²) in [6.07, 6.45) is -4.84. The monoisotopic (exact) mass is 346 g/mol. The van der Waals surface area contributed by atoms with Crippen LogP contribution in [0.15, 0.2) is 0 Å². The molecule has 0 aromatic heterocycles. The number of rotatable bonds is 0. The maximum atomic E-state index is 11.5. The molecule has 0 saturated carbocycles. The first-order valence-corrected chi connectivity index (χ1v) is 4.22. The molecule has 0 amide bonds. The van der Waals surface area contributed by atoms with Crippen LogP contribution in [0.3, 0.4) is 0 Å². The standard InChI is InChI=1S/C3Br3F3O/c4-2(5,6)1(10)3(7,8)9. The number of carbonyl (C=O) groups excluding carboxylic acids is 1. The van der Waals surface area contributed by atoms with Gasteiger partial charge in [0.25, 0.3) is 5.78 Å². The summed E-state index contributed by atoms with van der Waals surface area (Å²) in [5.74, 6) is -1.93. The van der Waals surface area contributed by atoms with Gasteiger partial charge in [0, 0.05) is 0 Å². The summed E-state index contributed by atoms with van der Waals surface area (Å²) in [4.78, 5) is 10.2. The molecule has 0 bridgehead atoms. The van der Waals surface area contributed by atoms with Crippen LogP contribution in [0, 0.1) is 0 Å². The average Bonchev–Trinajstić information content (AvgIpc) is 1.59. The van der Waals surface area contributed by atoms with Crippen molar-refractivity contribution >= 4 is 53.6 Å². The molecular weight excluding hydrogens is 349 g/mol. The van der Waals surface area contributed by atoms with Crippen molar-refractivity contribution in [3.05, 3.63) is 0 Å². The maximum Gasteiger partial charge on any atom is 0.453 e. The van der Waals surface area contributed by atoms with E-state index in [1.165, 1.54) is 0 Å². The van der Waals surface area contributed by atoms with Crippen LogP contribution < -0.4 is 0 Å². The van der Waals surface area contributed by atoms with Gasteiger partial charge in [0.1, 0.15) is 0 Å². The number of hydrogen-bond donors (Lipinski definition) is 0. The summed E-state index contributed by atoms with van der Waals surface area (Å²) in [7, 11) is 0. The van der Waals surface area contributed by atoms with Crippen LogP contribution in [-0.2, 0) is 4.79 Å². The molecule has 0 spiro atoms. The van der Waals surface area contributed by atoms with Gasteiger partial charge in [0.05, 0.1) is 0 Å². The van der Waals surface area contributed by atoms with Crippen molar-refractivity contribution in [1.82, 2.24) is 0 Å². The van der Waals surface area contributed by atoms with E-state index in [0.717, 1.165) is 0 Å². The van der Waals surface area contributed by atoms with Gasteiger partial charge in [0.2, 0.25) is 2.14 Å². The van der Waals surface area contributed by atoms with Crippen molar-refractivity contribution < 1.29 is 18.0 Å². The molecule has 10 heavy (non-hydrogen) atoms. The Kier molecular flexibility index (Phi) is 3.38. The number of ketones is 1. The van der Waals surface area contributed by atoms with E-state index in [1.807, 2.05) is 0 Å². The van der Waals surface area contributed by atoms with E-state index in [-0.39, 0.29) is 0 Å². The second-order valence-corrected chi connectivity index (χ2v) is 8.09. The van der Waals surface area contributed by atoms with Crippen molar-refractivity contribution in [3.8, 4) is 0 Å². The number of Topliss-reactive ketones (excluding diaryl/α,β-unsaturated/α-hetero) is 1. The Morgan fingerprint density at radius 3 is 1.40 bits per heavy atom. The highest BCUT2D eigenvalue weighted by atomic mass is 80.0. The largest absolute Gasteiger partial charge is 0.453 e. The lowest BCUT2D eigenvalue weighted by atomic mass is 10.4. The second kappa shape index (κ2) is 3.10. The third kappa shape index (κ3) is 3.34. The van der Waals surface area contributed by atoms with E-state index in [9.17, 15) is 18.0 Å². The summed E-state index contributed by atoms with van der Waals surface area (Å²) in [6.45, 7) is 0. The fraction of sp³-hybridized carbons (Fsp3) is 0.667. The molecule has 0 radical (unpaired) electrons. The van der Waals surface area contributed by atoms with Crippen LogP contribution in [0.1, 0.15) is 0 Å². The summed E-state index contributed by atoms with van der Waals surface area (Å²) < 4.78 is 32.6. The van der Waals surface area contributed by atoms with Crippen molar-refractivity contribution in [1.29, 1.82) is 0 Å². The van der Waals surface area contributed by atoms with Gasteiger partial charge in [-0.3, -0.25) is 4.79 Å². The van der Waals surface area contributed by atoms with Crippen molar-refractivity contribution in [3.63, 3.8) is 0 Å². The summed E-state index contributed by atoms with van der Waals surface area (Å²) in [5, 5.41) is 0. The van der Waals surface area contributed by atoms with Gasteiger partial charge < -0.3 is 0 Å². The summed E-state index contributed by atoms with van der Waals surface area (Å²) in [5.41, 5.74) is 0. The molecule has 0 aromatic carbocycles. The predicted octanol–water partition coefficient (Wildman–Crippen LogP) is 2.96. The molecule has 0 saturated heterocycles. The molecule has 0 aliphatic heterocycles. The highest BCUT2D eigenvalue weighted by Crippen LogP contribution is 2.39. The number of carbonyl (C=O) groups is 1. The zero-order valence-corrected chi connectivity index (χ0v) is 8.93. The van der Waals surface area contributed by atoms with E-state index >= 15 is 0 Å². The summed E-state index contributed by atoms with van der Waals surface area (Å²) in [6, 6.07) is 0. The van der Waals surface area contributed by atoms with Gasteiger partial charge in [-0.15, -0.1) is 0 Å². The fourth-order valence-corrected chi connectivity index (χ4v) is 0.835. The van der Waals surface area contributed by atoms with Crippen LogP contribution >= 0.6 is 47.8 Å². The van der Waals surface area contributed by atoms with Crippen LogP contribution in [0.4, 0.5) is 13.2 Å². The Balaban J connectivity index is 4.40. The van der Waals surface area contributed by atoms with E-state index in [1.54, 1.807) is 0 Å². The maximum absolute atomic E-state index is 11.5. The molecule has 0 N–H and O–H groups in total. The minimum atomic E-state index is -4.84. The Bertz CT molecular complexity index is 130. The first-order valence-electron chi connectivity index (χ1n) is 1.84. The lowest BCUT2D eigenvalue weighted by molar-refractivity contribution is -0.169. The lowest BCUT2D eigenvalue weighted by Gasteiger charge is -2.12. The Labute approximate surface area is 79.7 Å². The number of hydrogen-bond acceptors (Lipinski definition) is 1. The average molecular weight is 349 g/mol. The zero-order valence-electron chi connectivity index (χ0n) is 4.18. The predicted molar refractivity (Wildman–Crippen MR) is 40.6 cm³/mol. The first-order chi connectivity index (χ1) is 4.15. The van der Waals surface area contributed by atoms with E-state index in [4.69, 9.17) is 0 Å². The molecule has 1 nitrogen and oxygen atoms in total. The van der Waals surface area contributed by atoms with Crippen molar-refractivity contribution in [2.24, 2.45) is 0 Å². The molecule has 0 heterocycles. The van der Waals surface area contributed by atoms with E-state index < -0.39 is 14.1 Å². The van der Waals surface area contributed by atoms with Crippen LogP contribution in [0.2, 0.25) is 0 Å². The highest BCUT2D eigenvalue weighted by molar-refractivity contribution is 9.40. The van der Waals surface area contributed by atoms with Gasteiger partial charge in [0.15, 0.2) is 0 Å². The highest BCUT2D eigenvalue weighted by Gasteiger charge is 2.49. The number of halogens is 6. The van der Waals surface area contributed by atoms with Gasteiger partial charge in [-0.2, -0.15) is 13.2 Å². The van der Waals surface area contributed by atoms with Crippen LogP contribution in [-0.4, -0.2) is 14.1 Å². The van der Waals surface area contributed by atoms with Gasteiger partial charge >= 0.3 is 6.18 Å². The molecule has 0 aliphatic carbocycles. The van der Waals surface area contributed by atoms with Gasteiger partial charge in [-0.25, -0.2) is 0 Å². The fourth-order valence-electron chi connectivity index (χ4n) is 0.161. The smallest absolute Gasteiger partial charge is 0.286 e. The molecule has 0 unspecified atom stereocenters. The SMILES string of the molecule is O=C(C(F)(F)F)C(Br)(Br)Br. The third-order valence-corrected chi connectivity index (χ3v) is 1.60. The molecular formula is C3Br3F3O. The first kappa shape index (κ1) is 10.9. The minimum Gasteiger partial charge on any atom is -0.286 e. The van der Waals surface area contributed by atoms with Crippen molar-refractivity contribution in [2.45, 2.75) is 8.32 Å². The van der Waals surface area contributed by atoms with Gasteiger partial charge in [-0.05, 0) is 0 Å². The van der Waals surface area contributed by atoms with E-state index in [2.05, 4.69) is 47.8 Å². The molecule has 0 rings (SSSR count).